The standard InChI is InChI=1S/C30H59N/c1-3-5-7-9-10-11-12-13-14-15-16-17-18-19-21-23-27-31-28-25-30(26-29-31)24-22-20-8-6-4-2/h13-14,30H,3-12,15-29H2,1-2H3/p+1/b14-13-. The normalized spacial score (nSPS) is 19.4. The summed E-state index contributed by atoms with van der Waals surface area (Å²) in [5, 5.41) is 0. The van der Waals surface area contributed by atoms with E-state index < -0.39 is 0 Å². The summed E-state index contributed by atoms with van der Waals surface area (Å²) in [7, 11) is 0. The highest BCUT2D eigenvalue weighted by atomic mass is 15.1. The van der Waals surface area contributed by atoms with Crippen LogP contribution in [0.5, 0.6) is 0 Å². The van der Waals surface area contributed by atoms with Crippen molar-refractivity contribution in [1.82, 2.24) is 0 Å². The average molecular weight is 435 g/mol. The van der Waals surface area contributed by atoms with Gasteiger partial charge < -0.3 is 4.90 Å². The molecule has 0 saturated carbocycles. The highest BCUT2D eigenvalue weighted by molar-refractivity contribution is 4.81. The maximum Gasteiger partial charge on any atom is 0.0773 e. The van der Waals surface area contributed by atoms with E-state index >= 15 is 0 Å². The molecule has 1 aliphatic rings. The molecule has 1 heteroatoms. The number of hydrogen-bond acceptors (Lipinski definition) is 0. The number of piperidine rings is 1. The largest absolute Gasteiger partial charge is 0.335 e. The molecule has 0 atom stereocenters. The second-order valence-electron chi connectivity index (χ2n) is 10.6. The molecular weight excluding hydrogens is 374 g/mol. The number of rotatable bonds is 22. The molecule has 0 aliphatic carbocycles. The molecule has 31 heavy (non-hydrogen) atoms. The molecule has 1 rings (SSSR count). The Kier molecular flexibility index (Phi) is 21.2. The van der Waals surface area contributed by atoms with Crippen LogP contribution in [0, 0.1) is 5.92 Å². The molecule has 1 heterocycles. The Morgan fingerprint density at radius 1 is 0.548 bits per heavy atom. The summed E-state index contributed by atoms with van der Waals surface area (Å²) in [6.45, 7) is 8.99. The fraction of sp³-hybridized carbons (Fsp3) is 0.933. The molecule has 1 saturated heterocycles. The van der Waals surface area contributed by atoms with Gasteiger partial charge in [-0.15, -0.1) is 0 Å². The van der Waals surface area contributed by atoms with Gasteiger partial charge in [-0.2, -0.15) is 0 Å². The third-order valence-corrected chi connectivity index (χ3v) is 7.57. The zero-order valence-electron chi connectivity index (χ0n) is 21.9. The van der Waals surface area contributed by atoms with Crippen LogP contribution in [0.3, 0.4) is 0 Å². The second-order valence-corrected chi connectivity index (χ2v) is 10.6. The fourth-order valence-electron chi connectivity index (χ4n) is 5.28. The summed E-state index contributed by atoms with van der Waals surface area (Å²) in [4.78, 5) is 1.91. The van der Waals surface area contributed by atoms with Gasteiger partial charge in [0.25, 0.3) is 0 Å². The molecule has 0 aromatic carbocycles. The van der Waals surface area contributed by atoms with Gasteiger partial charge in [-0.05, 0) is 57.3 Å². The number of likely N-dealkylation sites (tertiary alicyclic amines) is 1. The van der Waals surface area contributed by atoms with Crippen molar-refractivity contribution in [1.29, 1.82) is 0 Å². The second kappa shape index (κ2) is 22.9. The van der Waals surface area contributed by atoms with Gasteiger partial charge in [0.05, 0.1) is 19.6 Å². The van der Waals surface area contributed by atoms with Crippen LogP contribution in [-0.4, -0.2) is 19.6 Å². The van der Waals surface area contributed by atoms with E-state index in [0.29, 0.717) is 0 Å². The van der Waals surface area contributed by atoms with Gasteiger partial charge in [0.2, 0.25) is 0 Å². The summed E-state index contributed by atoms with van der Waals surface area (Å²) in [6.07, 6.45) is 36.5. The quantitative estimate of drug-likeness (QED) is 0.128. The third-order valence-electron chi connectivity index (χ3n) is 7.57. The van der Waals surface area contributed by atoms with Crippen LogP contribution < -0.4 is 4.90 Å². The molecule has 1 aliphatic heterocycles. The number of unbranched alkanes of at least 4 members (excludes halogenated alkanes) is 16. The van der Waals surface area contributed by atoms with Gasteiger partial charge in [0, 0.05) is 0 Å². The van der Waals surface area contributed by atoms with E-state index in [0.717, 1.165) is 5.92 Å². The summed E-state index contributed by atoms with van der Waals surface area (Å²) >= 11 is 0. The van der Waals surface area contributed by atoms with Crippen molar-refractivity contribution in [3.05, 3.63) is 12.2 Å². The van der Waals surface area contributed by atoms with Crippen LogP contribution in [0.1, 0.15) is 155 Å². The van der Waals surface area contributed by atoms with Crippen molar-refractivity contribution < 1.29 is 4.90 Å². The molecular formula is C30H60N+. The predicted octanol–water partition coefficient (Wildman–Crippen LogP) is 8.68. The van der Waals surface area contributed by atoms with Crippen molar-refractivity contribution in [3.8, 4) is 0 Å². The number of nitrogens with one attached hydrogen (secondary N) is 1. The highest BCUT2D eigenvalue weighted by Gasteiger charge is 2.21. The number of quaternary nitrogens is 1. The monoisotopic (exact) mass is 434 g/mol. The van der Waals surface area contributed by atoms with Crippen molar-refractivity contribution in [2.45, 2.75) is 155 Å². The van der Waals surface area contributed by atoms with Crippen molar-refractivity contribution >= 4 is 0 Å². The van der Waals surface area contributed by atoms with Crippen LogP contribution in [0.25, 0.3) is 0 Å². The van der Waals surface area contributed by atoms with Gasteiger partial charge in [0.1, 0.15) is 0 Å². The molecule has 184 valence electrons. The van der Waals surface area contributed by atoms with E-state index in [1.807, 2.05) is 4.90 Å². The van der Waals surface area contributed by atoms with Crippen LogP contribution in [0.2, 0.25) is 0 Å². The molecule has 0 bridgehead atoms. The molecule has 0 radical (unpaired) electrons. The molecule has 0 aromatic heterocycles. The Balaban J connectivity index is 1.78. The SMILES string of the molecule is CCCCCCCC/C=C\CCCCCCCC[NH+]1CCC(CCCCCCC)CC1. The lowest BCUT2D eigenvalue weighted by atomic mass is 9.91. The van der Waals surface area contributed by atoms with E-state index in [1.165, 1.54) is 161 Å². The molecule has 1 fully saturated rings. The Morgan fingerprint density at radius 3 is 1.55 bits per heavy atom. The zero-order chi connectivity index (χ0) is 22.2. The first-order valence-electron chi connectivity index (χ1n) is 14.8. The predicted molar refractivity (Wildman–Crippen MR) is 141 cm³/mol. The van der Waals surface area contributed by atoms with E-state index in [2.05, 4.69) is 26.0 Å². The first-order valence-corrected chi connectivity index (χ1v) is 14.8. The highest BCUT2D eigenvalue weighted by Crippen LogP contribution is 2.19. The van der Waals surface area contributed by atoms with Crippen LogP contribution >= 0.6 is 0 Å². The molecule has 0 aromatic rings. The minimum Gasteiger partial charge on any atom is -0.335 e. The van der Waals surface area contributed by atoms with E-state index in [9.17, 15) is 0 Å². The van der Waals surface area contributed by atoms with E-state index in [-0.39, 0.29) is 0 Å². The van der Waals surface area contributed by atoms with E-state index in [4.69, 9.17) is 0 Å². The fourth-order valence-corrected chi connectivity index (χ4v) is 5.28. The zero-order valence-corrected chi connectivity index (χ0v) is 21.9. The first kappa shape index (κ1) is 28.7. The van der Waals surface area contributed by atoms with Crippen LogP contribution in [-0.2, 0) is 0 Å². The lowest BCUT2D eigenvalue weighted by Crippen LogP contribution is -3.13. The van der Waals surface area contributed by atoms with Gasteiger partial charge in [-0.25, -0.2) is 0 Å². The molecule has 0 unspecified atom stereocenters. The Morgan fingerprint density at radius 2 is 1.00 bits per heavy atom. The topological polar surface area (TPSA) is 4.44 Å². The molecule has 0 spiro atoms. The number of hydrogen-bond donors (Lipinski definition) is 1. The smallest absolute Gasteiger partial charge is 0.0773 e. The van der Waals surface area contributed by atoms with E-state index in [1.54, 1.807) is 0 Å². The Labute approximate surface area is 197 Å². The lowest BCUT2D eigenvalue weighted by Gasteiger charge is -2.29. The minimum atomic E-state index is 1.06. The Bertz CT molecular complexity index is 367. The van der Waals surface area contributed by atoms with Gasteiger partial charge >= 0.3 is 0 Å². The van der Waals surface area contributed by atoms with Gasteiger partial charge in [-0.1, -0.05) is 116 Å². The maximum absolute atomic E-state index is 2.45. The summed E-state index contributed by atoms with van der Waals surface area (Å²) in [5.74, 6) is 1.06. The summed E-state index contributed by atoms with van der Waals surface area (Å²) < 4.78 is 0. The van der Waals surface area contributed by atoms with Crippen molar-refractivity contribution in [2.75, 3.05) is 19.6 Å². The Hall–Kier alpha value is -0.300. The van der Waals surface area contributed by atoms with Crippen LogP contribution in [0.4, 0.5) is 0 Å². The third kappa shape index (κ3) is 18.9. The van der Waals surface area contributed by atoms with Gasteiger partial charge in [0.15, 0.2) is 0 Å². The first-order chi connectivity index (χ1) is 15.4. The summed E-state index contributed by atoms with van der Waals surface area (Å²) in [5.41, 5.74) is 0. The van der Waals surface area contributed by atoms with Gasteiger partial charge in [-0.3, -0.25) is 0 Å². The molecule has 1 N–H and O–H groups in total. The number of allylic oxidation sites excluding steroid dienone is 2. The van der Waals surface area contributed by atoms with Crippen molar-refractivity contribution in [3.63, 3.8) is 0 Å². The average Bonchev–Trinajstić information content (AvgIpc) is 2.79. The summed E-state index contributed by atoms with van der Waals surface area (Å²) in [6, 6.07) is 0. The molecule has 0 amide bonds. The minimum absolute atomic E-state index is 1.06. The van der Waals surface area contributed by atoms with Crippen LogP contribution in [0.15, 0.2) is 12.2 Å². The maximum atomic E-state index is 2.45. The molecule has 1 nitrogen and oxygen atoms in total. The van der Waals surface area contributed by atoms with Crippen molar-refractivity contribution in [2.24, 2.45) is 5.92 Å². The lowest BCUT2D eigenvalue weighted by molar-refractivity contribution is -0.906.